The van der Waals surface area contributed by atoms with Crippen molar-refractivity contribution in [3.8, 4) is 0 Å². The minimum absolute atomic E-state index is 0.00806. The SMILES string of the molecule is CC1=NC(NC(C)(C)C)=C(c2ccc(Cl)cc2)CC1. The molecule has 2 rings (SSSR count). The van der Waals surface area contributed by atoms with E-state index in [-0.39, 0.29) is 5.54 Å². The summed E-state index contributed by atoms with van der Waals surface area (Å²) in [5.41, 5.74) is 3.67. The molecule has 1 aliphatic heterocycles. The average Bonchev–Trinajstić information content (AvgIpc) is 2.29. The van der Waals surface area contributed by atoms with E-state index in [0.29, 0.717) is 0 Å². The minimum atomic E-state index is 0.00806. The molecule has 0 bridgehead atoms. The van der Waals surface area contributed by atoms with Crippen LogP contribution in [0.15, 0.2) is 35.1 Å². The van der Waals surface area contributed by atoms with E-state index >= 15 is 0 Å². The molecule has 0 radical (unpaired) electrons. The van der Waals surface area contributed by atoms with Crippen LogP contribution in [0.1, 0.15) is 46.1 Å². The van der Waals surface area contributed by atoms with Crippen LogP contribution in [0.5, 0.6) is 0 Å². The number of allylic oxidation sites excluding steroid dienone is 1. The Hall–Kier alpha value is -1.28. The van der Waals surface area contributed by atoms with E-state index in [9.17, 15) is 0 Å². The highest BCUT2D eigenvalue weighted by Crippen LogP contribution is 2.29. The second kappa shape index (κ2) is 5.38. The van der Waals surface area contributed by atoms with Gasteiger partial charge in [0.2, 0.25) is 0 Å². The fourth-order valence-electron chi connectivity index (χ4n) is 2.13. The Balaban J connectivity index is 2.42. The zero-order valence-corrected chi connectivity index (χ0v) is 12.8. The summed E-state index contributed by atoms with van der Waals surface area (Å²) >= 11 is 5.96. The molecule has 0 fully saturated rings. The lowest BCUT2D eigenvalue weighted by Gasteiger charge is -2.27. The Morgan fingerprint density at radius 2 is 1.74 bits per heavy atom. The predicted octanol–water partition coefficient (Wildman–Crippen LogP) is 4.65. The number of hydrogen-bond donors (Lipinski definition) is 1. The second-order valence-electron chi connectivity index (χ2n) is 6.06. The molecule has 0 unspecified atom stereocenters. The Morgan fingerprint density at radius 3 is 2.32 bits per heavy atom. The Bertz CT molecular complexity index is 519. The zero-order chi connectivity index (χ0) is 14.0. The second-order valence-corrected chi connectivity index (χ2v) is 6.49. The van der Waals surface area contributed by atoms with Crippen molar-refractivity contribution >= 4 is 22.9 Å². The monoisotopic (exact) mass is 276 g/mol. The molecule has 1 aromatic rings. The number of hydrogen-bond acceptors (Lipinski definition) is 2. The largest absolute Gasteiger partial charge is 0.365 e. The topological polar surface area (TPSA) is 24.4 Å². The van der Waals surface area contributed by atoms with Crippen molar-refractivity contribution < 1.29 is 0 Å². The van der Waals surface area contributed by atoms with E-state index in [1.807, 2.05) is 12.1 Å². The molecule has 102 valence electrons. The standard InChI is InChI=1S/C16H21ClN2/c1-11-5-10-14(12-6-8-13(17)9-7-12)15(18-11)19-16(2,3)4/h6-9,19H,5,10H2,1-4H3. The van der Waals surface area contributed by atoms with Gasteiger partial charge in [-0.1, -0.05) is 23.7 Å². The number of benzene rings is 1. The fourth-order valence-corrected chi connectivity index (χ4v) is 2.26. The van der Waals surface area contributed by atoms with Gasteiger partial charge in [0, 0.05) is 21.8 Å². The van der Waals surface area contributed by atoms with Gasteiger partial charge in [0.1, 0.15) is 5.82 Å². The quantitative estimate of drug-likeness (QED) is 0.835. The summed E-state index contributed by atoms with van der Waals surface area (Å²) in [6, 6.07) is 8.00. The lowest BCUT2D eigenvalue weighted by atomic mass is 9.96. The van der Waals surface area contributed by atoms with Crippen molar-refractivity contribution in [2.45, 2.75) is 46.1 Å². The maximum absolute atomic E-state index is 5.96. The maximum atomic E-state index is 5.96. The van der Waals surface area contributed by atoms with E-state index in [1.165, 1.54) is 16.8 Å². The molecule has 1 aromatic carbocycles. The van der Waals surface area contributed by atoms with Crippen LogP contribution in [0.25, 0.3) is 5.57 Å². The molecule has 2 nitrogen and oxygen atoms in total. The number of aliphatic imine (C=N–C) groups is 1. The van der Waals surface area contributed by atoms with Crippen molar-refractivity contribution in [3.05, 3.63) is 40.7 Å². The molecule has 1 heterocycles. The highest BCUT2D eigenvalue weighted by atomic mass is 35.5. The molecule has 0 atom stereocenters. The van der Waals surface area contributed by atoms with Gasteiger partial charge in [-0.2, -0.15) is 0 Å². The van der Waals surface area contributed by atoms with Gasteiger partial charge in [0.15, 0.2) is 0 Å². The lowest BCUT2D eigenvalue weighted by molar-refractivity contribution is 0.470. The predicted molar refractivity (Wildman–Crippen MR) is 83.6 cm³/mol. The third-order valence-electron chi connectivity index (χ3n) is 3.01. The van der Waals surface area contributed by atoms with E-state index in [4.69, 9.17) is 16.6 Å². The van der Waals surface area contributed by atoms with Crippen LogP contribution < -0.4 is 5.32 Å². The fraction of sp³-hybridized carbons (Fsp3) is 0.438. The number of halogens is 1. The first-order valence-electron chi connectivity index (χ1n) is 6.66. The number of rotatable bonds is 2. The van der Waals surface area contributed by atoms with Crippen molar-refractivity contribution in [1.82, 2.24) is 5.32 Å². The highest BCUT2D eigenvalue weighted by Gasteiger charge is 2.19. The van der Waals surface area contributed by atoms with E-state index in [0.717, 1.165) is 23.7 Å². The van der Waals surface area contributed by atoms with Gasteiger partial charge in [0.05, 0.1) is 0 Å². The molecule has 0 aliphatic carbocycles. The first-order valence-corrected chi connectivity index (χ1v) is 7.04. The Labute approximate surface area is 120 Å². The van der Waals surface area contributed by atoms with E-state index < -0.39 is 0 Å². The van der Waals surface area contributed by atoms with Crippen LogP contribution in [0.2, 0.25) is 5.02 Å². The maximum Gasteiger partial charge on any atom is 0.130 e. The summed E-state index contributed by atoms with van der Waals surface area (Å²) in [5.74, 6) is 0.999. The van der Waals surface area contributed by atoms with Crippen LogP contribution in [0.3, 0.4) is 0 Å². The van der Waals surface area contributed by atoms with Crippen LogP contribution in [0, 0.1) is 0 Å². The highest BCUT2D eigenvalue weighted by molar-refractivity contribution is 6.30. The van der Waals surface area contributed by atoms with Crippen LogP contribution in [0.4, 0.5) is 0 Å². The molecule has 0 saturated heterocycles. The van der Waals surface area contributed by atoms with Gasteiger partial charge >= 0.3 is 0 Å². The summed E-state index contributed by atoms with van der Waals surface area (Å²) in [6.07, 6.45) is 2.04. The summed E-state index contributed by atoms with van der Waals surface area (Å²) in [5, 5.41) is 4.28. The summed E-state index contributed by atoms with van der Waals surface area (Å²) in [7, 11) is 0. The van der Waals surface area contributed by atoms with Crippen LogP contribution in [-0.4, -0.2) is 11.3 Å². The smallest absolute Gasteiger partial charge is 0.130 e. The summed E-state index contributed by atoms with van der Waals surface area (Å²) < 4.78 is 0. The molecule has 19 heavy (non-hydrogen) atoms. The molecule has 0 saturated carbocycles. The normalized spacial score (nSPS) is 16.4. The summed E-state index contributed by atoms with van der Waals surface area (Å²) in [4.78, 5) is 4.70. The van der Waals surface area contributed by atoms with Crippen molar-refractivity contribution in [1.29, 1.82) is 0 Å². The third-order valence-corrected chi connectivity index (χ3v) is 3.26. The summed E-state index contributed by atoms with van der Waals surface area (Å²) in [6.45, 7) is 8.54. The first kappa shape index (κ1) is 14.1. The number of nitrogens with one attached hydrogen (secondary N) is 1. The van der Waals surface area contributed by atoms with Crippen LogP contribution in [-0.2, 0) is 0 Å². The molecule has 3 heteroatoms. The van der Waals surface area contributed by atoms with Gasteiger partial charge in [-0.05, 0) is 58.2 Å². The number of nitrogens with zero attached hydrogens (tertiary/aromatic N) is 1. The van der Waals surface area contributed by atoms with Crippen molar-refractivity contribution in [3.63, 3.8) is 0 Å². The van der Waals surface area contributed by atoms with Gasteiger partial charge in [-0.25, -0.2) is 4.99 Å². The van der Waals surface area contributed by atoms with Crippen molar-refractivity contribution in [2.24, 2.45) is 4.99 Å². The molecule has 0 amide bonds. The molecular weight excluding hydrogens is 256 g/mol. The average molecular weight is 277 g/mol. The van der Waals surface area contributed by atoms with E-state index in [2.05, 4.69) is 45.1 Å². The van der Waals surface area contributed by atoms with Crippen molar-refractivity contribution in [2.75, 3.05) is 0 Å². The van der Waals surface area contributed by atoms with Gasteiger partial charge in [-0.3, -0.25) is 0 Å². The molecule has 0 spiro atoms. The molecular formula is C16H21ClN2. The lowest BCUT2D eigenvalue weighted by Crippen LogP contribution is -2.36. The Kier molecular flexibility index (Phi) is 4.00. The zero-order valence-electron chi connectivity index (χ0n) is 12.0. The van der Waals surface area contributed by atoms with Crippen LogP contribution >= 0.6 is 11.6 Å². The third kappa shape index (κ3) is 3.84. The molecule has 0 aromatic heterocycles. The van der Waals surface area contributed by atoms with Gasteiger partial charge in [-0.15, -0.1) is 0 Å². The minimum Gasteiger partial charge on any atom is -0.365 e. The molecule has 1 aliphatic rings. The van der Waals surface area contributed by atoms with Gasteiger partial charge in [0.25, 0.3) is 0 Å². The van der Waals surface area contributed by atoms with E-state index in [1.54, 1.807) is 0 Å². The van der Waals surface area contributed by atoms with Gasteiger partial charge < -0.3 is 5.32 Å². The Morgan fingerprint density at radius 1 is 1.11 bits per heavy atom. The first-order chi connectivity index (χ1) is 8.85. The molecule has 1 N–H and O–H groups in total.